The van der Waals surface area contributed by atoms with Crippen LogP contribution in [0.4, 0.5) is 18.9 Å². The Morgan fingerprint density at radius 3 is 2.74 bits per heavy atom. The maximum atomic E-state index is 13.0. The molecule has 0 fully saturated rings. The number of rotatable bonds is 6. The molecular weight excluding hydrogens is 363 g/mol. The first-order valence-corrected chi connectivity index (χ1v) is 8.28. The lowest BCUT2D eigenvalue weighted by molar-refractivity contribution is -0.137. The number of amides is 1. The third-order valence-corrected chi connectivity index (χ3v) is 4.05. The lowest BCUT2D eigenvalue weighted by Gasteiger charge is -2.15. The van der Waals surface area contributed by atoms with Crippen LogP contribution in [0.15, 0.2) is 36.4 Å². The molecule has 27 heavy (non-hydrogen) atoms. The van der Waals surface area contributed by atoms with E-state index >= 15 is 0 Å². The Morgan fingerprint density at radius 1 is 1.19 bits per heavy atom. The first-order chi connectivity index (χ1) is 12.9. The van der Waals surface area contributed by atoms with E-state index in [-0.39, 0.29) is 24.7 Å². The monoisotopic (exact) mass is 381 g/mol. The molecule has 1 heterocycles. The molecule has 5 nitrogen and oxygen atoms in total. The summed E-state index contributed by atoms with van der Waals surface area (Å²) in [6.45, 7) is 0.950. The highest BCUT2D eigenvalue weighted by Gasteiger charge is 2.31. The highest BCUT2D eigenvalue weighted by atomic mass is 19.4. The fourth-order valence-electron chi connectivity index (χ4n) is 2.69. The van der Waals surface area contributed by atoms with Crippen molar-refractivity contribution in [3.05, 3.63) is 53.1 Å². The molecule has 0 aliphatic carbocycles. The summed E-state index contributed by atoms with van der Waals surface area (Å²) in [6, 6.07) is 7.88. The first kappa shape index (κ1) is 19.0. The second-order valence-corrected chi connectivity index (χ2v) is 5.93. The average molecular weight is 381 g/mol. The number of hydrogen-bond acceptors (Lipinski definition) is 4. The van der Waals surface area contributed by atoms with E-state index in [1.165, 1.54) is 13.2 Å². The van der Waals surface area contributed by atoms with Crippen LogP contribution in [-0.2, 0) is 17.3 Å². The van der Waals surface area contributed by atoms with Crippen LogP contribution in [-0.4, -0.2) is 32.8 Å². The second kappa shape index (κ2) is 7.87. The highest BCUT2D eigenvalue weighted by Crippen LogP contribution is 2.35. The summed E-state index contributed by atoms with van der Waals surface area (Å²) in [6.07, 6.45) is -3.85. The summed E-state index contributed by atoms with van der Waals surface area (Å²) in [5.74, 6) is 0.327. The fraction of sp³-hybridized carbons (Fsp3) is 0.316. The number of alkyl halides is 3. The number of carbonyl (C=O) groups is 1. The zero-order valence-corrected chi connectivity index (χ0v) is 14.6. The van der Waals surface area contributed by atoms with Gasteiger partial charge in [0.1, 0.15) is 18.1 Å². The minimum atomic E-state index is -4.53. The van der Waals surface area contributed by atoms with Crippen molar-refractivity contribution in [2.24, 2.45) is 0 Å². The number of fused-ring (bicyclic) bond motifs is 1. The summed E-state index contributed by atoms with van der Waals surface area (Å²) in [7, 11) is 1.48. The minimum Gasteiger partial charge on any atom is -0.493 e. The number of hydrogen-bond donors (Lipinski definition) is 1. The minimum absolute atomic E-state index is 0.0531. The van der Waals surface area contributed by atoms with E-state index in [9.17, 15) is 18.0 Å². The summed E-state index contributed by atoms with van der Waals surface area (Å²) in [4.78, 5) is 12.5. The topological polar surface area (TPSA) is 56.8 Å². The van der Waals surface area contributed by atoms with E-state index in [0.717, 1.165) is 17.7 Å². The molecule has 0 saturated heterocycles. The van der Waals surface area contributed by atoms with Crippen molar-refractivity contribution in [1.29, 1.82) is 0 Å². The molecule has 1 aliphatic rings. The molecule has 0 saturated carbocycles. The predicted molar refractivity (Wildman–Crippen MR) is 92.4 cm³/mol. The van der Waals surface area contributed by atoms with Gasteiger partial charge in [-0.1, -0.05) is 0 Å². The summed E-state index contributed by atoms with van der Waals surface area (Å²) >= 11 is 0. The molecular formula is C19H18F3NO4. The van der Waals surface area contributed by atoms with Gasteiger partial charge >= 0.3 is 6.18 Å². The largest absolute Gasteiger partial charge is 0.493 e. The Kier molecular flexibility index (Phi) is 5.55. The van der Waals surface area contributed by atoms with Gasteiger partial charge in [0.2, 0.25) is 0 Å². The zero-order chi connectivity index (χ0) is 19.4. The van der Waals surface area contributed by atoms with Gasteiger partial charge in [0.25, 0.3) is 5.91 Å². The molecule has 2 aromatic rings. The predicted octanol–water partition coefficient (Wildman–Crippen LogP) is 3.92. The molecule has 0 radical (unpaired) electrons. The van der Waals surface area contributed by atoms with Crippen molar-refractivity contribution in [3.8, 4) is 11.5 Å². The molecule has 0 bridgehead atoms. The number of benzene rings is 2. The van der Waals surface area contributed by atoms with E-state index in [4.69, 9.17) is 14.2 Å². The Balaban J connectivity index is 1.85. The fourth-order valence-corrected chi connectivity index (χ4v) is 2.69. The van der Waals surface area contributed by atoms with Gasteiger partial charge in [-0.25, -0.2) is 0 Å². The van der Waals surface area contributed by atoms with Crippen LogP contribution >= 0.6 is 0 Å². The molecule has 8 heteroatoms. The van der Waals surface area contributed by atoms with Crippen molar-refractivity contribution in [2.45, 2.75) is 12.6 Å². The average Bonchev–Trinajstić information content (AvgIpc) is 3.09. The third kappa shape index (κ3) is 4.51. The SMILES string of the molecule is COCCOc1ccc(C(F)(F)F)cc1NC(=O)c1ccc2c(c1)CCO2. The van der Waals surface area contributed by atoms with Gasteiger partial charge in [0.15, 0.2) is 0 Å². The summed E-state index contributed by atoms with van der Waals surface area (Å²) in [5.41, 5.74) is 0.296. The molecule has 1 amide bonds. The Morgan fingerprint density at radius 2 is 2.00 bits per heavy atom. The molecule has 0 spiro atoms. The van der Waals surface area contributed by atoms with Crippen LogP contribution in [0.1, 0.15) is 21.5 Å². The molecule has 0 unspecified atom stereocenters. The highest BCUT2D eigenvalue weighted by molar-refractivity contribution is 6.05. The van der Waals surface area contributed by atoms with Crippen molar-refractivity contribution in [3.63, 3.8) is 0 Å². The number of anilines is 1. The van der Waals surface area contributed by atoms with Crippen molar-refractivity contribution in [1.82, 2.24) is 0 Å². The lowest BCUT2D eigenvalue weighted by atomic mass is 10.1. The molecule has 0 aromatic heterocycles. The van der Waals surface area contributed by atoms with Crippen molar-refractivity contribution >= 4 is 11.6 Å². The molecule has 1 aliphatic heterocycles. The number of ether oxygens (including phenoxy) is 3. The van der Waals surface area contributed by atoms with Crippen LogP contribution in [0, 0.1) is 0 Å². The first-order valence-electron chi connectivity index (χ1n) is 8.28. The van der Waals surface area contributed by atoms with E-state index < -0.39 is 17.6 Å². The Bertz CT molecular complexity index is 836. The van der Waals surface area contributed by atoms with Crippen LogP contribution in [0.25, 0.3) is 0 Å². The number of carbonyl (C=O) groups excluding carboxylic acids is 1. The lowest BCUT2D eigenvalue weighted by Crippen LogP contribution is -2.15. The van der Waals surface area contributed by atoms with Gasteiger partial charge in [-0.15, -0.1) is 0 Å². The maximum absolute atomic E-state index is 13.0. The smallest absolute Gasteiger partial charge is 0.416 e. The van der Waals surface area contributed by atoms with E-state index in [1.54, 1.807) is 18.2 Å². The van der Waals surface area contributed by atoms with Gasteiger partial charge < -0.3 is 19.5 Å². The molecule has 3 rings (SSSR count). The summed E-state index contributed by atoms with van der Waals surface area (Å²) < 4.78 is 54.8. The van der Waals surface area contributed by atoms with Gasteiger partial charge in [-0.3, -0.25) is 4.79 Å². The van der Waals surface area contributed by atoms with Gasteiger partial charge in [0.05, 0.1) is 24.5 Å². The standard InChI is InChI=1S/C19H18F3NO4/c1-25-8-9-27-17-5-3-14(19(20,21)22)11-15(17)23-18(24)13-2-4-16-12(10-13)6-7-26-16/h2-5,10-11H,6-9H2,1H3,(H,23,24). The van der Waals surface area contributed by atoms with Crippen molar-refractivity contribution in [2.75, 3.05) is 32.2 Å². The molecule has 144 valence electrons. The van der Waals surface area contributed by atoms with E-state index in [0.29, 0.717) is 24.3 Å². The number of nitrogens with one attached hydrogen (secondary N) is 1. The van der Waals surface area contributed by atoms with Crippen LogP contribution in [0.2, 0.25) is 0 Å². The van der Waals surface area contributed by atoms with Crippen molar-refractivity contribution < 1.29 is 32.2 Å². The summed E-state index contributed by atoms with van der Waals surface area (Å²) in [5, 5.41) is 2.51. The van der Waals surface area contributed by atoms with E-state index in [2.05, 4.69) is 5.32 Å². The van der Waals surface area contributed by atoms with Crippen LogP contribution in [0.3, 0.4) is 0 Å². The molecule has 1 N–H and O–H groups in total. The Hall–Kier alpha value is -2.74. The van der Waals surface area contributed by atoms with Gasteiger partial charge in [-0.05, 0) is 42.0 Å². The van der Waals surface area contributed by atoms with E-state index in [1.807, 2.05) is 0 Å². The van der Waals surface area contributed by atoms with Gasteiger partial charge in [-0.2, -0.15) is 13.2 Å². The Labute approximate surface area is 154 Å². The maximum Gasteiger partial charge on any atom is 0.416 e. The quantitative estimate of drug-likeness (QED) is 0.771. The number of halogens is 3. The normalized spacial score (nSPS) is 13.0. The van der Waals surface area contributed by atoms with Gasteiger partial charge in [0, 0.05) is 19.1 Å². The zero-order valence-electron chi connectivity index (χ0n) is 14.6. The van der Waals surface area contributed by atoms with Crippen LogP contribution < -0.4 is 14.8 Å². The van der Waals surface area contributed by atoms with Crippen LogP contribution in [0.5, 0.6) is 11.5 Å². The second-order valence-electron chi connectivity index (χ2n) is 5.93. The third-order valence-electron chi connectivity index (χ3n) is 4.05. The molecule has 0 atom stereocenters. The number of methoxy groups -OCH3 is 1. The molecule has 2 aromatic carbocycles.